The van der Waals surface area contributed by atoms with Gasteiger partial charge in [-0.3, -0.25) is 0 Å². The first-order chi connectivity index (χ1) is 4.79. The Balaban J connectivity index is 0.000000360. The topological polar surface area (TPSA) is 58.9 Å². The Kier molecular flexibility index (Phi) is 2.60. The van der Waals surface area contributed by atoms with E-state index in [9.17, 15) is 10.2 Å². The van der Waals surface area contributed by atoms with Gasteiger partial charge in [0.1, 0.15) is 36.6 Å². The lowest BCUT2D eigenvalue weighted by atomic mass is 9.95. The molecule has 0 spiro atoms. The van der Waals surface area contributed by atoms with E-state index in [1.165, 1.54) is 0 Å². The van der Waals surface area contributed by atoms with Gasteiger partial charge in [0.25, 0.3) is 0 Å². The number of aliphatic hydroxyl groups is 2. The zero-order valence-electron chi connectivity index (χ0n) is 5.99. The molecule has 4 unspecified atom stereocenters. The van der Waals surface area contributed by atoms with Crippen LogP contribution in [0.1, 0.15) is 0 Å². The van der Waals surface area contributed by atoms with E-state index in [2.05, 4.69) is 0 Å². The van der Waals surface area contributed by atoms with Crippen LogP contribution in [0.3, 0.4) is 0 Å². The molecule has 0 aromatic carbocycles. The van der Waals surface area contributed by atoms with Crippen LogP contribution in [0, 0.1) is 0 Å². The standard InChI is InChI=1S/C6H8O4.2ClH/c7-1-3-5-2(8)6(9-3)4(1)10-5;;/h1-8H;2*1H/t1?,2?,3-,4?,5-,6?;;/m0../s1. The average molecular weight is 217 g/mol. The Hall–Kier alpha value is 0.420. The van der Waals surface area contributed by atoms with E-state index in [0.717, 1.165) is 0 Å². The summed E-state index contributed by atoms with van der Waals surface area (Å²) in [6.45, 7) is 0. The van der Waals surface area contributed by atoms with Gasteiger partial charge in [-0.05, 0) is 0 Å². The fraction of sp³-hybridized carbons (Fsp3) is 1.00. The fourth-order valence-electron chi connectivity index (χ4n) is 2.15. The van der Waals surface area contributed by atoms with E-state index in [4.69, 9.17) is 9.47 Å². The Morgan fingerprint density at radius 3 is 1.08 bits per heavy atom. The van der Waals surface area contributed by atoms with Gasteiger partial charge < -0.3 is 19.7 Å². The molecule has 4 heterocycles. The Morgan fingerprint density at radius 2 is 0.917 bits per heavy atom. The molecule has 0 radical (unpaired) electrons. The number of halogens is 2. The molecule has 0 aromatic heterocycles. The molecule has 4 fully saturated rings. The van der Waals surface area contributed by atoms with Crippen molar-refractivity contribution >= 4 is 24.8 Å². The molecular weight excluding hydrogens is 207 g/mol. The van der Waals surface area contributed by atoms with Crippen LogP contribution in [0.25, 0.3) is 0 Å². The highest BCUT2D eigenvalue weighted by molar-refractivity contribution is 5.85. The third-order valence-electron chi connectivity index (χ3n) is 2.62. The van der Waals surface area contributed by atoms with Crippen molar-refractivity contribution in [2.24, 2.45) is 0 Å². The maximum Gasteiger partial charge on any atom is 0.115 e. The van der Waals surface area contributed by atoms with Crippen LogP contribution >= 0.6 is 24.8 Å². The van der Waals surface area contributed by atoms with E-state index in [0.29, 0.717) is 0 Å². The first-order valence-corrected chi connectivity index (χ1v) is 3.46. The summed E-state index contributed by atoms with van der Waals surface area (Å²) in [5, 5.41) is 18.6. The van der Waals surface area contributed by atoms with Crippen molar-refractivity contribution in [3.8, 4) is 0 Å². The number of ether oxygens (including phenoxy) is 2. The second-order valence-corrected chi connectivity index (χ2v) is 3.11. The normalized spacial score (nSPS) is 58.5. The predicted octanol–water partition coefficient (Wildman–Crippen LogP) is -0.900. The lowest BCUT2D eigenvalue weighted by molar-refractivity contribution is -0.0419. The maximum absolute atomic E-state index is 9.29. The lowest BCUT2D eigenvalue weighted by Gasteiger charge is -2.11. The first-order valence-electron chi connectivity index (χ1n) is 3.46. The van der Waals surface area contributed by atoms with E-state index >= 15 is 0 Å². The summed E-state index contributed by atoms with van der Waals surface area (Å²) in [5.74, 6) is 0. The largest absolute Gasteiger partial charge is 0.387 e. The smallest absolute Gasteiger partial charge is 0.115 e. The Bertz CT molecular complexity index is 154. The fourth-order valence-corrected chi connectivity index (χ4v) is 2.15. The number of aliphatic hydroxyl groups excluding tert-OH is 2. The van der Waals surface area contributed by atoms with E-state index < -0.39 is 12.2 Å². The van der Waals surface area contributed by atoms with Gasteiger partial charge in [0.15, 0.2) is 0 Å². The van der Waals surface area contributed by atoms with Crippen molar-refractivity contribution < 1.29 is 19.7 Å². The molecule has 0 saturated carbocycles. The van der Waals surface area contributed by atoms with Crippen molar-refractivity contribution in [1.29, 1.82) is 0 Å². The van der Waals surface area contributed by atoms with Crippen molar-refractivity contribution in [1.82, 2.24) is 0 Å². The molecule has 12 heavy (non-hydrogen) atoms. The summed E-state index contributed by atoms with van der Waals surface area (Å²) in [4.78, 5) is 0. The molecule has 6 atom stereocenters. The van der Waals surface area contributed by atoms with Crippen LogP contribution < -0.4 is 0 Å². The third kappa shape index (κ3) is 0.880. The minimum Gasteiger partial charge on any atom is -0.387 e. The molecule has 0 aliphatic carbocycles. The van der Waals surface area contributed by atoms with Gasteiger partial charge >= 0.3 is 0 Å². The van der Waals surface area contributed by atoms with Gasteiger partial charge in [0.2, 0.25) is 0 Å². The minimum atomic E-state index is -0.501. The van der Waals surface area contributed by atoms with E-state index in [-0.39, 0.29) is 49.2 Å². The predicted molar refractivity (Wildman–Crippen MR) is 43.8 cm³/mol. The van der Waals surface area contributed by atoms with E-state index in [1.807, 2.05) is 0 Å². The second kappa shape index (κ2) is 2.97. The molecule has 0 aromatic rings. The van der Waals surface area contributed by atoms with Crippen LogP contribution in [0.5, 0.6) is 0 Å². The van der Waals surface area contributed by atoms with Crippen molar-refractivity contribution in [3.05, 3.63) is 0 Å². The molecule has 2 N–H and O–H groups in total. The molecule has 4 saturated heterocycles. The van der Waals surface area contributed by atoms with Crippen LogP contribution in [0.2, 0.25) is 0 Å². The molecule has 72 valence electrons. The molecular formula is C6H10Cl2O4. The zero-order chi connectivity index (χ0) is 6.88. The van der Waals surface area contributed by atoms with Gasteiger partial charge in [0, 0.05) is 0 Å². The molecule has 4 nitrogen and oxygen atoms in total. The zero-order valence-corrected chi connectivity index (χ0v) is 7.62. The van der Waals surface area contributed by atoms with Gasteiger partial charge in [0.05, 0.1) is 0 Å². The van der Waals surface area contributed by atoms with Crippen molar-refractivity contribution in [3.63, 3.8) is 0 Å². The minimum absolute atomic E-state index is 0. The number of rotatable bonds is 0. The SMILES string of the molecule is Cl.Cl.OC1C2O[C@H]3C(O)C2O[C@@H]13. The first kappa shape index (κ1) is 10.5. The quantitative estimate of drug-likeness (QED) is 0.552. The number of hydrogen-bond acceptors (Lipinski definition) is 4. The van der Waals surface area contributed by atoms with E-state index in [1.54, 1.807) is 0 Å². The second-order valence-electron chi connectivity index (χ2n) is 3.11. The van der Waals surface area contributed by atoms with Gasteiger partial charge in [-0.25, -0.2) is 0 Å². The summed E-state index contributed by atoms with van der Waals surface area (Å²) in [6, 6.07) is 0. The molecule has 6 heteroatoms. The highest BCUT2D eigenvalue weighted by Crippen LogP contribution is 2.46. The highest BCUT2D eigenvalue weighted by Gasteiger charge is 2.68. The lowest BCUT2D eigenvalue weighted by Crippen LogP contribution is -2.38. The Labute approximate surface area is 81.7 Å². The van der Waals surface area contributed by atoms with Crippen molar-refractivity contribution in [2.75, 3.05) is 0 Å². The van der Waals surface area contributed by atoms with Crippen LogP contribution in [0.4, 0.5) is 0 Å². The molecule has 4 aliphatic rings. The molecule has 4 bridgehead atoms. The molecule has 4 aliphatic heterocycles. The summed E-state index contributed by atoms with van der Waals surface area (Å²) in [5.41, 5.74) is 0. The molecule has 4 rings (SSSR count). The van der Waals surface area contributed by atoms with Crippen molar-refractivity contribution in [2.45, 2.75) is 36.6 Å². The summed E-state index contributed by atoms with van der Waals surface area (Å²) in [6.07, 6.45) is -2.04. The molecule has 0 amide bonds. The monoisotopic (exact) mass is 216 g/mol. The summed E-state index contributed by atoms with van der Waals surface area (Å²) < 4.78 is 10.5. The van der Waals surface area contributed by atoms with Crippen LogP contribution in [-0.4, -0.2) is 46.8 Å². The highest BCUT2D eigenvalue weighted by atomic mass is 35.5. The Morgan fingerprint density at radius 1 is 0.667 bits per heavy atom. The van der Waals surface area contributed by atoms with Gasteiger partial charge in [-0.2, -0.15) is 0 Å². The average Bonchev–Trinajstić information content (AvgIpc) is 2.55. The van der Waals surface area contributed by atoms with Gasteiger partial charge in [-0.1, -0.05) is 0 Å². The summed E-state index contributed by atoms with van der Waals surface area (Å²) in [7, 11) is 0. The summed E-state index contributed by atoms with van der Waals surface area (Å²) >= 11 is 0. The van der Waals surface area contributed by atoms with Gasteiger partial charge in [-0.15, -0.1) is 24.8 Å². The van der Waals surface area contributed by atoms with Crippen LogP contribution in [-0.2, 0) is 9.47 Å². The number of hydrogen-bond donors (Lipinski definition) is 2. The maximum atomic E-state index is 9.29. The third-order valence-corrected chi connectivity index (χ3v) is 2.62. The van der Waals surface area contributed by atoms with Crippen LogP contribution in [0.15, 0.2) is 0 Å².